The van der Waals surface area contributed by atoms with Gasteiger partial charge in [0.2, 0.25) is 0 Å². The van der Waals surface area contributed by atoms with E-state index in [-0.39, 0.29) is 11.7 Å². The van der Waals surface area contributed by atoms with E-state index >= 15 is 0 Å². The minimum absolute atomic E-state index is 0.153. The highest BCUT2D eigenvalue weighted by atomic mass is 79.9. The summed E-state index contributed by atoms with van der Waals surface area (Å²) < 4.78 is 11.1. The second kappa shape index (κ2) is 6.09. The molecule has 0 aliphatic carbocycles. The van der Waals surface area contributed by atoms with Gasteiger partial charge in [0.05, 0.1) is 6.61 Å². The smallest absolute Gasteiger partial charge is 0.360 e. The van der Waals surface area contributed by atoms with E-state index in [2.05, 4.69) is 26.2 Å². The number of esters is 1. The molecule has 0 aliphatic heterocycles. The molecule has 0 saturated heterocycles. The Kier molecular flexibility index (Phi) is 4.44. The summed E-state index contributed by atoms with van der Waals surface area (Å²) in [6, 6.07) is 4.19. The van der Waals surface area contributed by atoms with E-state index in [0.717, 1.165) is 21.3 Å². The number of rotatable bonds is 4. The maximum Gasteiger partial charge on any atom is 0.360 e. The van der Waals surface area contributed by atoms with Gasteiger partial charge in [-0.2, -0.15) is 4.98 Å². The van der Waals surface area contributed by atoms with E-state index in [9.17, 15) is 4.79 Å². The second-order valence-corrected chi connectivity index (χ2v) is 5.10. The van der Waals surface area contributed by atoms with Crippen molar-refractivity contribution in [1.29, 1.82) is 0 Å². The van der Waals surface area contributed by atoms with Crippen LogP contribution in [0.25, 0.3) is 0 Å². The van der Waals surface area contributed by atoms with E-state index < -0.39 is 5.97 Å². The number of hydrogen-bond donors (Lipinski definition) is 1. The molecular weight excluding hydrogens is 324 g/mol. The topological polar surface area (TPSA) is 64.4 Å². The number of aromatic nitrogens is 1. The molecule has 1 N–H and O–H groups in total. The summed E-state index contributed by atoms with van der Waals surface area (Å²) in [6.45, 7) is 6.05. The normalized spacial score (nSPS) is 10.4. The van der Waals surface area contributed by atoms with Crippen molar-refractivity contribution in [1.82, 2.24) is 4.98 Å². The van der Waals surface area contributed by atoms with Gasteiger partial charge in [0.25, 0.3) is 6.01 Å². The maximum atomic E-state index is 11.5. The number of halogens is 1. The first-order valence-electron chi connectivity index (χ1n) is 6.17. The lowest BCUT2D eigenvalue weighted by molar-refractivity contribution is 0.0519. The molecule has 0 spiro atoms. The molecule has 1 aromatic carbocycles. The van der Waals surface area contributed by atoms with Crippen molar-refractivity contribution in [3.8, 4) is 0 Å². The third-order valence-electron chi connectivity index (χ3n) is 2.68. The van der Waals surface area contributed by atoms with Gasteiger partial charge in [-0.1, -0.05) is 15.9 Å². The first kappa shape index (κ1) is 14.6. The summed E-state index contributed by atoms with van der Waals surface area (Å²) in [6.07, 6.45) is 1.28. The summed E-state index contributed by atoms with van der Waals surface area (Å²) in [5.74, 6) is -0.493. The van der Waals surface area contributed by atoms with Crippen LogP contribution in [0.15, 0.2) is 27.3 Å². The number of oxazole rings is 1. The van der Waals surface area contributed by atoms with Crippen LogP contribution in [0.3, 0.4) is 0 Å². The molecule has 1 aromatic heterocycles. The second-order valence-electron chi connectivity index (χ2n) is 4.31. The van der Waals surface area contributed by atoms with Crippen LogP contribution in [0.2, 0.25) is 0 Å². The van der Waals surface area contributed by atoms with Crippen LogP contribution in [0, 0.1) is 13.8 Å². The Balaban J connectivity index is 2.17. The van der Waals surface area contributed by atoms with Gasteiger partial charge in [-0.15, -0.1) is 0 Å². The summed E-state index contributed by atoms with van der Waals surface area (Å²) in [5.41, 5.74) is 3.20. The number of hydrogen-bond acceptors (Lipinski definition) is 5. The molecule has 1 heterocycles. The molecule has 0 fully saturated rings. The first-order valence-corrected chi connectivity index (χ1v) is 6.97. The van der Waals surface area contributed by atoms with Gasteiger partial charge in [0.1, 0.15) is 6.26 Å². The van der Waals surface area contributed by atoms with Crippen molar-refractivity contribution in [2.45, 2.75) is 20.8 Å². The predicted octanol–water partition coefficient (Wildman–Crippen LogP) is 3.97. The lowest BCUT2D eigenvalue weighted by Crippen LogP contribution is -2.05. The van der Waals surface area contributed by atoms with E-state index in [0.29, 0.717) is 6.61 Å². The predicted molar refractivity (Wildman–Crippen MR) is 79.4 cm³/mol. The SMILES string of the molecule is CCOC(=O)c1coc(Nc2cc(C)c(Br)c(C)c2)n1. The molecule has 20 heavy (non-hydrogen) atoms. The fraction of sp³-hybridized carbons (Fsp3) is 0.286. The number of ether oxygens (including phenoxy) is 1. The van der Waals surface area contributed by atoms with Crippen molar-refractivity contribution in [3.63, 3.8) is 0 Å². The molecule has 0 amide bonds. The lowest BCUT2D eigenvalue weighted by atomic mass is 10.1. The van der Waals surface area contributed by atoms with Gasteiger partial charge in [-0.05, 0) is 44.0 Å². The fourth-order valence-corrected chi connectivity index (χ4v) is 2.00. The van der Waals surface area contributed by atoms with Gasteiger partial charge >= 0.3 is 5.97 Å². The van der Waals surface area contributed by atoms with Gasteiger partial charge < -0.3 is 14.5 Å². The molecule has 2 rings (SSSR count). The monoisotopic (exact) mass is 338 g/mol. The van der Waals surface area contributed by atoms with Gasteiger partial charge in [0, 0.05) is 10.2 Å². The van der Waals surface area contributed by atoms with Crippen LogP contribution in [0.5, 0.6) is 0 Å². The summed E-state index contributed by atoms with van der Waals surface area (Å²) in [7, 11) is 0. The number of benzene rings is 1. The highest BCUT2D eigenvalue weighted by Crippen LogP contribution is 2.26. The molecule has 106 valence electrons. The van der Waals surface area contributed by atoms with E-state index in [1.54, 1.807) is 6.92 Å². The molecule has 2 aromatic rings. The fourth-order valence-electron chi connectivity index (χ4n) is 1.77. The summed E-state index contributed by atoms with van der Waals surface area (Å²) in [5, 5.41) is 3.02. The van der Waals surface area contributed by atoms with Crippen LogP contribution in [-0.4, -0.2) is 17.6 Å². The summed E-state index contributed by atoms with van der Waals surface area (Å²) in [4.78, 5) is 15.5. The Morgan fingerprint density at radius 2 is 2.05 bits per heavy atom. The lowest BCUT2D eigenvalue weighted by Gasteiger charge is -2.07. The third kappa shape index (κ3) is 3.19. The molecular formula is C14H15BrN2O3. The van der Waals surface area contributed by atoms with Crippen LogP contribution < -0.4 is 5.32 Å². The number of nitrogens with one attached hydrogen (secondary N) is 1. The highest BCUT2D eigenvalue weighted by Gasteiger charge is 2.13. The number of aryl methyl sites for hydroxylation is 2. The zero-order chi connectivity index (χ0) is 14.7. The van der Waals surface area contributed by atoms with Gasteiger partial charge in [-0.25, -0.2) is 4.79 Å². The molecule has 6 heteroatoms. The largest absolute Gasteiger partial charge is 0.461 e. The minimum atomic E-state index is -0.493. The average Bonchev–Trinajstić information content (AvgIpc) is 2.85. The molecule has 5 nitrogen and oxygen atoms in total. The van der Waals surface area contributed by atoms with Crippen molar-refractivity contribution in [2.75, 3.05) is 11.9 Å². The van der Waals surface area contributed by atoms with Crippen LogP contribution >= 0.6 is 15.9 Å². The van der Waals surface area contributed by atoms with E-state index in [1.165, 1.54) is 6.26 Å². The Labute approximate surface area is 125 Å². The Bertz CT molecular complexity index is 614. The molecule has 0 radical (unpaired) electrons. The van der Waals surface area contributed by atoms with Crippen molar-refractivity contribution in [2.24, 2.45) is 0 Å². The van der Waals surface area contributed by atoms with Gasteiger partial charge in [-0.3, -0.25) is 0 Å². The molecule has 0 atom stereocenters. The van der Waals surface area contributed by atoms with Crippen molar-refractivity contribution >= 4 is 33.6 Å². The number of carbonyl (C=O) groups excluding carboxylic acids is 1. The van der Waals surface area contributed by atoms with Gasteiger partial charge in [0.15, 0.2) is 5.69 Å². The van der Waals surface area contributed by atoms with Crippen molar-refractivity contribution < 1.29 is 13.9 Å². The van der Waals surface area contributed by atoms with Crippen LogP contribution in [0.1, 0.15) is 28.5 Å². The number of carbonyl (C=O) groups is 1. The van der Waals surface area contributed by atoms with Crippen LogP contribution in [0.4, 0.5) is 11.7 Å². The highest BCUT2D eigenvalue weighted by molar-refractivity contribution is 9.10. The average molecular weight is 339 g/mol. The Hall–Kier alpha value is -1.82. The first-order chi connectivity index (χ1) is 9.51. The molecule has 0 unspecified atom stereocenters. The maximum absolute atomic E-state index is 11.5. The van der Waals surface area contributed by atoms with Crippen molar-refractivity contribution in [3.05, 3.63) is 39.7 Å². The molecule has 0 bridgehead atoms. The molecule has 0 aliphatic rings. The van der Waals surface area contributed by atoms with Crippen LogP contribution in [-0.2, 0) is 4.74 Å². The standard InChI is InChI=1S/C14H15BrN2O3/c1-4-19-13(18)11-7-20-14(17-11)16-10-5-8(2)12(15)9(3)6-10/h5-7H,4H2,1-3H3,(H,16,17). The quantitative estimate of drug-likeness (QED) is 0.854. The zero-order valence-corrected chi connectivity index (χ0v) is 13.1. The van der Waals surface area contributed by atoms with E-state index in [1.807, 2.05) is 26.0 Å². The Morgan fingerprint density at radius 1 is 1.40 bits per heavy atom. The van der Waals surface area contributed by atoms with E-state index in [4.69, 9.17) is 9.15 Å². The Morgan fingerprint density at radius 3 is 2.65 bits per heavy atom. The molecule has 0 saturated carbocycles. The minimum Gasteiger partial charge on any atom is -0.461 e. The number of anilines is 2. The third-order valence-corrected chi connectivity index (χ3v) is 3.93. The number of nitrogens with zero attached hydrogens (tertiary/aromatic N) is 1. The summed E-state index contributed by atoms with van der Waals surface area (Å²) >= 11 is 3.51. The zero-order valence-electron chi connectivity index (χ0n) is 11.5.